The van der Waals surface area contributed by atoms with Gasteiger partial charge in [-0.15, -0.1) is 5.10 Å². The van der Waals surface area contributed by atoms with Crippen molar-refractivity contribution in [1.82, 2.24) is 20.2 Å². The van der Waals surface area contributed by atoms with Gasteiger partial charge < -0.3 is 5.11 Å². The molecule has 1 N–H and O–H groups in total. The van der Waals surface area contributed by atoms with Crippen LogP contribution in [0.5, 0.6) is 0 Å². The zero-order chi connectivity index (χ0) is 13.6. The van der Waals surface area contributed by atoms with Crippen LogP contribution in [0.1, 0.15) is 57.7 Å². The molecule has 19 heavy (non-hydrogen) atoms. The van der Waals surface area contributed by atoms with Crippen molar-refractivity contribution in [1.29, 1.82) is 0 Å². The Labute approximate surface area is 112 Å². The van der Waals surface area contributed by atoms with E-state index in [-0.39, 0.29) is 0 Å². The molecule has 2 fully saturated rings. The molecule has 0 amide bonds. The van der Waals surface area contributed by atoms with E-state index >= 15 is 0 Å². The molecule has 2 atom stereocenters. The molecule has 2 saturated carbocycles. The molecule has 0 radical (unpaired) electrons. The van der Waals surface area contributed by atoms with E-state index in [4.69, 9.17) is 0 Å². The molecule has 1 aromatic rings. The summed E-state index contributed by atoms with van der Waals surface area (Å²) >= 11 is 0. The molecule has 0 aromatic carbocycles. The van der Waals surface area contributed by atoms with E-state index in [0.717, 1.165) is 30.5 Å². The molecule has 0 bridgehead atoms. The number of aliphatic carboxylic acids is 1. The first-order chi connectivity index (χ1) is 9.12. The maximum absolute atomic E-state index is 11.7. The van der Waals surface area contributed by atoms with Gasteiger partial charge in [0.25, 0.3) is 0 Å². The average Bonchev–Trinajstić information content (AvgIpc) is 2.82. The van der Waals surface area contributed by atoms with E-state index in [1.54, 1.807) is 4.68 Å². The molecule has 3 rings (SSSR count). The Morgan fingerprint density at radius 1 is 1.32 bits per heavy atom. The van der Waals surface area contributed by atoms with Crippen LogP contribution in [0.15, 0.2) is 0 Å². The first-order valence-electron chi connectivity index (χ1n) is 7.14. The summed E-state index contributed by atoms with van der Waals surface area (Å²) in [6, 6.07) is 0. The van der Waals surface area contributed by atoms with Crippen LogP contribution in [0, 0.1) is 11.8 Å². The third-order valence-corrected chi connectivity index (χ3v) is 5.08. The minimum atomic E-state index is -0.994. The van der Waals surface area contributed by atoms with Gasteiger partial charge in [-0.05, 0) is 54.4 Å². The fourth-order valence-corrected chi connectivity index (χ4v) is 3.62. The van der Waals surface area contributed by atoms with E-state index in [1.165, 1.54) is 6.42 Å². The first-order valence-corrected chi connectivity index (χ1v) is 7.14. The van der Waals surface area contributed by atoms with Crippen molar-refractivity contribution in [3.05, 3.63) is 5.82 Å². The van der Waals surface area contributed by atoms with E-state index in [0.29, 0.717) is 18.8 Å². The minimum absolute atomic E-state index is 0.343. The van der Waals surface area contributed by atoms with Gasteiger partial charge in [0.2, 0.25) is 0 Å². The molecule has 2 aliphatic carbocycles. The maximum Gasteiger partial charge on any atom is 0.331 e. The van der Waals surface area contributed by atoms with Gasteiger partial charge in [0.15, 0.2) is 11.4 Å². The zero-order valence-corrected chi connectivity index (χ0v) is 11.4. The highest BCUT2D eigenvalue weighted by molar-refractivity contribution is 5.76. The lowest BCUT2D eigenvalue weighted by Crippen LogP contribution is -2.43. The number of carbonyl (C=O) groups is 1. The molecular formula is C13H20N4O2. The summed E-state index contributed by atoms with van der Waals surface area (Å²) in [7, 11) is 0. The van der Waals surface area contributed by atoms with Crippen molar-refractivity contribution in [3.8, 4) is 0 Å². The van der Waals surface area contributed by atoms with Gasteiger partial charge in [0.05, 0.1) is 0 Å². The van der Waals surface area contributed by atoms with Crippen LogP contribution in [0.2, 0.25) is 0 Å². The standard InChI is InChI=1S/C13H20N4O2/c1-3-13(4-2,12(18)19)17-11(14-15-16-17)10-6-8-5-9(8)7-10/h8-10H,3-7H2,1-2H3,(H,18,19). The molecule has 1 aromatic heterocycles. The number of aromatic nitrogens is 4. The van der Waals surface area contributed by atoms with Gasteiger partial charge in [-0.3, -0.25) is 0 Å². The van der Waals surface area contributed by atoms with Gasteiger partial charge in [-0.1, -0.05) is 13.8 Å². The number of fused-ring (bicyclic) bond motifs is 1. The van der Waals surface area contributed by atoms with Crippen LogP contribution in [-0.4, -0.2) is 31.3 Å². The SMILES string of the molecule is CCC(CC)(C(=O)O)n1nnnc1C1CC2CC2C1. The molecule has 2 unspecified atom stereocenters. The predicted octanol–water partition coefficient (Wildman–Crippen LogP) is 1.79. The zero-order valence-electron chi connectivity index (χ0n) is 11.4. The van der Waals surface area contributed by atoms with Gasteiger partial charge in [0.1, 0.15) is 0 Å². The summed E-state index contributed by atoms with van der Waals surface area (Å²) in [6.07, 6.45) is 4.57. The molecule has 0 spiro atoms. The second-order valence-corrected chi connectivity index (χ2v) is 5.92. The minimum Gasteiger partial charge on any atom is -0.479 e. The quantitative estimate of drug-likeness (QED) is 0.876. The highest BCUT2D eigenvalue weighted by Crippen LogP contribution is 2.57. The van der Waals surface area contributed by atoms with Crippen molar-refractivity contribution in [2.75, 3.05) is 0 Å². The highest BCUT2D eigenvalue weighted by atomic mass is 16.4. The van der Waals surface area contributed by atoms with E-state index in [2.05, 4.69) is 15.5 Å². The molecule has 1 heterocycles. The summed E-state index contributed by atoms with van der Waals surface area (Å²) < 4.78 is 1.59. The Morgan fingerprint density at radius 2 is 1.95 bits per heavy atom. The topological polar surface area (TPSA) is 80.9 Å². The fraction of sp³-hybridized carbons (Fsp3) is 0.846. The smallest absolute Gasteiger partial charge is 0.331 e. The van der Waals surface area contributed by atoms with Gasteiger partial charge in [0, 0.05) is 5.92 Å². The van der Waals surface area contributed by atoms with E-state index in [1.807, 2.05) is 13.8 Å². The van der Waals surface area contributed by atoms with Gasteiger partial charge >= 0.3 is 5.97 Å². The monoisotopic (exact) mass is 264 g/mol. The Balaban J connectivity index is 1.96. The lowest BCUT2D eigenvalue weighted by molar-refractivity contribution is -0.149. The molecule has 0 aliphatic heterocycles. The number of carboxylic acid groups (broad SMARTS) is 1. The average molecular weight is 264 g/mol. The Hall–Kier alpha value is -1.46. The number of carboxylic acids is 1. The third kappa shape index (κ3) is 1.76. The molecule has 6 nitrogen and oxygen atoms in total. The van der Waals surface area contributed by atoms with E-state index < -0.39 is 11.5 Å². The summed E-state index contributed by atoms with van der Waals surface area (Å²) in [5, 5.41) is 21.5. The van der Waals surface area contributed by atoms with Crippen molar-refractivity contribution >= 4 is 5.97 Å². The summed E-state index contributed by atoms with van der Waals surface area (Å²) in [5.41, 5.74) is -0.994. The van der Waals surface area contributed by atoms with E-state index in [9.17, 15) is 9.90 Å². The summed E-state index contributed by atoms with van der Waals surface area (Å²) in [6.45, 7) is 3.77. The molecule has 0 saturated heterocycles. The molecule has 104 valence electrons. The van der Waals surface area contributed by atoms with Gasteiger partial charge in [-0.2, -0.15) is 0 Å². The number of tetrazole rings is 1. The van der Waals surface area contributed by atoms with Crippen LogP contribution in [0.3, 0.4) is 0 Å². The van der Waals surface area contributed by atoms with Gasteiger partial charge in [-0.25, -0.2) is 9.48 Å². The Morgan fingerprint density at radius 3 is 2.47 bits per heavy atom. The maximum atomic E-state index is 11.7. The van der Waals surface area contributed by atoms with Crippen molar-refractivity contribution in [2.45, 2.75) is 57.4 Å². The van der Waals surface area contributed by atoms with Crippen LogP contribution in [0.25, 0.3) is 0 Å². The molecule has 2 aliphatic rings. The second-order valence-electron chi connectivity index (χ2n) is 5.92. The lowest BCUT2D eigenvalue weighted by Gasteiger charge is -2.28. The number of hydrogen-bond acceptors (Lipinski definition) is 4. The van der Waals surface area contributed by atoms with Crippen molar-refractivity contribution in [2.24, 2.45) is 11.8 Å². The van der Waals surface area contributed by atoms with Crippen LogP contribution in [0.4, 0.5) is 0 Å². The highest BCUT2D eigenvalue weighted by Gasteiger charge is 2.49. The third-order valence-electron chi connectivity index (χ3n) is 5.08. The van der Waals surface area contributed by atoms with Crippen molar-refractivity contribution < 1.29 is 9.90 Å². The number of hydrogen-bond donors (Lipinski definition) is 1. The second kappa shape index (κ2) is 4.28. The molecule has 6 heteroatoms. The number of nitrogens with zero attached hydrogens (tertiary/aromatic N) is 4. The summed E-state index contributed by atoms with van der Waals surface area (Å²) in [5.74, 6) is 1.94. The summed E-state index contributed by atoms with van der Waals surface area (Å²) in [4.78, 5) is 11.7. The fourth-order valence-electron chi connectivity index (χ4n) is 3.62. The Kier molecular flexibility index (Phi) is 2.83. The van der Waals surface area contributed by atoms with Crippen LogP contribution >= 0.6 is 0 Å². The predicted molar refractivity (Wildman–Crippen MR) is 67.6 cm³/mol. The normalized spacial score (nSPS) is 29.3. The van der Waals surface area contributed by atoms with Crippen LogP contribution < -0.4 is 0 Å². The van der Waals surface area contributed by atoms with Crippen molar-refractivity contribution in [3.63, 3.8) is 0 Å². The largest absolute Gasteiger partial charge is 0.479 e. The molecular weight excluding hydrogens is 244 g/mol. The first kappa shape index (κ1) is 12.6. The lowest BCUT2D eigenvalue weighted by atomic mass is 9.91. The van der Waals surface area contributed by atoms with Crippen LogP contribution in [-0.2, 0) is 10.3 Å². The Bertz CT molecular complexity index is 485. The number of rotatable bonds is 5.